The molecule has 0 aromatic carbocycles. The van der Waals surface area contributed by atoms with Gasteiger partial charge < -0.3 is 19.4 Å². The van der Waals surface area contributed by atoms with Crippen LogP contribution in [0, 0.1) is 5.41 Å². The number of hydrogen-bond acceptors (Lipinski definition) is 5. The first-order chi connectivity index (χ1) is 13.0. The first kappa shape index (κ1) is 19.6. The van der Waals surface area contributed by atoms with E-state index < -0.39 is 0 Å². The highest BCUT2D eigenvalue weighted by Gasteiger charge is 2.41. The zero-order valence-corrected chi connectivity index (χ0v) is 16.6. The fraction of sp³-hybridized carbons (Fsp3) is 0.650. The molecule has 0 saturated carbocycles. The third kappa shape index (κ3) is 4.24. The summed E-state index contributed by atoms with van der Waals surface area (Å²) in [7, 11) is 5.19. The van der Waals surface area contributed by atoms with Gasteiger partial charge in [0.15, 0.2) is 0 Å². The van der Waals surface area contributed by atoms with Gasteiger partial charge in [0.1, 0.15) is 5.82 Å². The Morgan fingerprint density at radius 1 is 1.30 bits per heavy atom. The molecular weight excluding hydrogens is 344 g/mol. The number of anilines is 1. The SMILES string of the molecule is COCCN1CC2(CCC1=O)CCN(c1ncccc1C(=O)N(C)C)CC2. The second-order valence-corrected chi connectivity index (χ2v) is 7.87. The lowest BCUT2D eigenvalue weighted by atomic mass is 9.72. The minimum atomic E-state index is -0.0209. The average Bonchev–Trinajstić information content (AvgIpc) is 2.69. The third-order valence-electron chi connectivity index (χ3n) is 5.86. The standard InChI is InChI=1S/C20H30N4O3/c1-22(2)19(26)16-5-4-10-21-18(16)23-11-8-20(9-12-23)7-6-17(25)24(15-20)13-14-27-3/h4-5,10H,6-9,11-15H2,1-3H3. The molecule has 3 heterocycles. The largest absolute Gasteiger partial charge is 0.383 e. The van der Waals surface area contributed by atoms with Crippen molar-refractivity contribution in [3.63, 3.8) is 0 Å². The average molecular weight is 374 g/mol. The Morgan fingerprint density at radius 3 is 2.70 bits per heavy atom. The van der Waals surface area contributed by atoms with Crippen molar-refractivity contribution >= 4 is 17.6 Å². The summed E-state index contributed by atoms with van der Waals surface area (Å²) in [5, 5.41) is 0. The van der Waals surface area contributed by atoms with Crippen LogP contribution in [-0.4, -0.2) is 80.6 Å². The van der Waals surface area contributed by atoms with Crippen molar-refractivity contribution in [1.29, 1.82) is 0 Å². The normalized spacial score (nSPS) is 19.4. The van der Waals surface area contributed by atoms with Gasteiger partial charge in [-0.1, -0.05) is 0 Å². The van der Waals surface area contributed by atoms with Crippen LogP contribution < -0.4 is 4.90 Å². The third-order valence-corrected chi connectivity index (χ3v) is 5.86. The van der Waals surface area contributed by atoms with Gasteiger partial charge in [-0.2, -0.15) is 0 Å². The van der Waals surface area contributed by atoms with E-state index in [1.165, 1.54) is 0 Å². The molecule has 0 atom stereocenters. The number of amides is 2. The van der Waals surface area contributed by atoms with Crippen LogP contribution in [-0.2, 0) is 9.53 Å². The molecule has 1 aromatic rings. The van der Waals surface area contributed by atoms with Gasteiger partial charge in [-0.15, -0.1) is 0 Å². The number of piperidine rings is 2. The zero-order chi connectivity index (χ0) is 19.4. The lowest BCUT2D eigenvalue weighted by molar-refractivity contribution is -0.139. The van der Waals surface area contributed by atoms with E-state index >= 15 is 0 Å². The quantitative estimate of drug-likeness (QED) is 0.784. The van der Waals surface area contributed by atoms with E-state index in [1.807, 2.05) is 17.0 Å². The summed E-state index contributed by atoms with van der Waals surface area (Å²) in [4.78, 5) is 35.0. The maximum atomic E-state index is 12.5. The maximum Gasteiger partial charge on any atom is 0.257 e. The highest BCUT2D eigenvalue weighted by atomic mass is 16.5. The Morgan fingerprint density at radius 2 is 2.04 bits per heavy atom. The molecular formula is C20H30N4O3. The molecule has 7 nitrogen and oxygen atoms in total. The molecule has 0 aliphatic carbocycles. The molecule has 27 heavy (non-hydrogen) atoms. The van der Waals surface area contributed by atoms with Gasteiger partial charge in [0.25, 0.3) is 5.91 Å². The number of pyridine rings is 1. The molecule has 1 spiro atoms. The molecule has 2 amide bonds. The maximum absolute atomic E-state index is 12.5. The zero-order valence-electron chi connectivity index (χ0n) is 16.6. The highest BCUT2D eigenvalue weighted by Crippen LogP contribution is 2.41. The van der Waals surface area contributed by atoms with Crippen LogP contribution >= 0.6 is 0 Å². The van der Waals surface area contributed by atoms with E-state index in [1.54, 1.807) is 32.3 Å². The molecule has 2 aliphatic rings. The summed E-state index contributed by atoms with van der Waals surface area (Å²) < 4.78 is 5.15. The number of ether oxygens (including phenoxy) is 1. The predicted molar refractivity (Wildman–Crippen MR) is 104 cm³/mol. The van der Waals surface area contributed by atoms with Crippen LogP contribution in [0.1, 0.15) is 36.0 Å². The monoisotopic (exact) mass is 374 g/mol. The Bertz CT molecular complexity index is 684. The topological polar surface area (TPSA) is 66.0 Å². The molecule has 2 saturated heterocycles. The van der Waals surface area contributed by atoms with Gasteiger partial charge in [0.05, 0.1) is 12.2 Å². The number of hydrogen-bond donors (Lipinski definition) is 0. The first-order valence-corrected chi connectivity index (χ1v) is 9.64. The van der Waals surface area contributed by atoms with E-state index in [0.29, 0.717) is 25.1 Å². The van der Waals surface area contributed by atoms with Gasteiger partial charge in [0, 0.05) is 60.0 Å². The van der Waals surface area contributed by atoms with Crippen molar-refractivity contribution in [3.05, 3.63) is 23.9 Å². The van der Waals surface area contributed by atoms with Gasteiger partial charge in [-0.25, -0.2) is 4.98 Å². The number of carbonyl (C=O) groups is 2. The summed E-state index contributed by atoms with van der Waals surface area (Å²) >= 11 is 0. The number of carbonyl (C=O) groups excluding carboxylic acids is 2. The van der Waals surface area contributed by atoms with Crippen molar-refractivity contribution in [2.75, 3.05) is 58.9 Å². The van der Waals surface area contributed by atoms with Gasteiger partial charge in [0.2, 0.25) is 5.91 Å². The number of aromatic nitrogens is 1. The summed E-state index contributed by atoms with van der Waals surface area (Å²) in [6, 6.07) is 3.66. The Balaban J connectivity index is 1.69. The van der Waals surface area contributed by atoms with Crippen molar-refractivity contribution in [2.24, 2.45) is 5.41 Å². The van der Waals surface area contributed by atoms with Crippen molar-refractivity contribution < 1.29 is 14.3 Å². The van der Waals surface area contributed by atoms with Crippen LogP contribution in [0.2, 0.25) is 0 Å². The number of nitrogens with zero attached hydrogens (tertiary/aromatic N) is 4. The van der Waals surface area contributed by atoms with E-state index in [0.717, 1.165) is 44.7 Å². The van der Waals surface area contributed by atoms with Crippen LogP contribution in [0.15, 0.2) is 18.3 Å². The van der Waals surface area contributed by atoms with Crippen molar-refractivity contribution in [1.82, 2.24) is 14.8 Å². The number of methoxy groups -OCH3 is 1. The fourth-order valence-corrected chi connectivity index (χ4v) is 4.17. The van der Waals surface area contributed by atoms with Gasteiger partial charge >= 0.3 is 0 Å². The smallest absolute Gasteiger partial charge is 0.257 e. The molecule has 1 aromatic heterocycles. The minimum Gasteiger partial charge on any atom is -0.383 e. The van der Waals surface area contributed by atoms with E-state index in [-0.39, 0.29) is 17.2 Å². The molecule has 0 bridgehead atoms. The summed E-state index contributed by atoms with van der Waals surface area (Å²) in [5.41, 5.74) is 0.831. The van der Waals surface area contributed by atoms with Crippen LogP contribution in [0.4, 0.5) is 5.82 Å². The molecule has 7 heteroatoms. The van der Waals surface area contributed by atoms with E-state index in [2.05, 4.69) is 9.88 Å². The second-order valence-electron chi connectivity index (χ2n) is 7.87. The number of likely N-dealkylation sites (tertiary alicyclic amines) is 1. The lowest BCUT2D eigenvalue weighted by Gasteiger charge is -2.47. The Labute approximate surface area is 161 Å². The Kier molecular flexibility index (Phi) is 5.99. The molecule has 2 aliphatic heterocycles. The molecule has 3 rings (SSSR count). The second kappa shape index (κ2) is 8.25. The van der Waals surface area contributed by atoms with Crippen molar-refractivity contribution in [3.8, 4) is 0 Å². The lowest BCUT2D eigenvalue weighted by Crippen LogP contribution is -2.52. The van der Waals surface area contributed by atoms with Crippen molar-refractivity contribution in [2.45, 2.75) is 25.7 Å². The molecule has 148 valence electrons. The minimum absolute atomic E-state index is 0.0209. The molecule has 0 unspecified atom stereocenters. The van der Waals surface area contributed by atoms with Crippen LogP contribution in [0.5, 0.6) is 0 Å². The summed E-state index contributed by atoms with van der Waals surface area (Å²) in [6.45, 7) is 3.78. The highest BCUT2D eigenvalue weighted by molar-refractivity contribution is 5.98. The Hall–Kier alpha value is -2.15. The summed E-state index contributed by atoms with van der Waals surface area (Å²) in [6.07, 6.45) is 5.34. The van der Waals surface area contributed by atoms with E-state index in [4.69, 9.17) is 4.74 Å². The number of rotatable bonds is 5. The molecule has 0 radical (unpaired) electrons. The fourth-order valence-electron chi connectivity index (χ4n) is 4.17. The first-order valence-electron chi connectivity index (χ1n) is 9.64. The van der Waals surface area contributed by atoms with E-state index in [9.17, 15) is 9.59 Å². The molecule has 2 fully saturated rings. The van der Waals surface area contributed by atoms with Gasteiger partial charge in [-0.05, 0) is 36.8 Å². The van der Waals surface area contributed by atoms with Crippen LogP contribution in [0.25, 0.3) is 0 Å². The van der Waals surface area contributed by atoms with Crippen LogP contribution in [0.3, 0.4) is 0 Å². The van der Waals surface area contributed by atoms with Gasteiger partial charge in [-0.3, -0.25) is 9.59 Å². The predicted octanol–water partition coefficient (Wildman–Crippen LogP) is 1.64. The summed E-state index contributed by atoms with van der Waals surface area (Å²) in [5.74, 6) is 0.991. The molecule has 0 N–H and O–H groups in total.